The van der Waals surface area contributed by atoms with Gasteiger partial charge in [-0.2, -0.15) is 24.9 Å². The molecule has 1 saturated heterocycles. The molecule has 0 aliphatic carbocycles. The number of alkyl halides is 3. The van der Waals surface area contributed by atoms with Crippen LogP contribution in [-0.4, -0.2) is 11.0 Å². The Balaban J connectivity index is 2.30. The summed E-state index contributed by atoms with van der Waals surface area (Å²) >= 11 is 1.69. The Morgan fingerprint density at radius 3 is 2.60 bits per heavy atom. The fourth-order valence-corrected chi connectivity index (χ4v) is 3.84. The first kappa shape index (κ1) is 15.6. The standard InChI is InChI=1S/C13H16F4N2S/c14-10-5-4-8(7-9(10)13(15,16)17)12(19-18)11-3-1-2-6-20-11/h4-5,7,11-12,19H,1-3,6,18H2. The van der Waals surface area contributed by atoms with Gasteiger partial charge in [-0.25, -0.2) is 4.39 Å². The van der Waals surface area contributed by atoms with Gasteiger partial charge in [0, 0.05) is 5.25 Å². The summed E-state index contributed by atoms with van der Waals surface area (Å²) in [5.41, 5.74) is 1.71. The minimum atomic E-state index is -4.70. The van der Waals surface area contributed by atoms with E-state index in [0.29, 0.717) is 5.56 Å². The van der Waals surface area contributed by atoms with Crippen LogP contribution in [0.25, 0.3) is 0 Å². The molecule has 1 aliphatic rings. The maximum Gasteiger partial charge on any atom is 0.419 e. The third-order valence-corrected chi connectivity index (χ3v) is 4.88. The van der Waals surface area contributed by atoms with Gasteiger partial charge in [-0.15, -0.1) is 0 Å². The number of halogens is 4. The van der Waals surface area contributed by atoms with E-state index in [2.05, 4.69) is 5.43 Å². The molecule has 20 heavy (non-hydrogen) atoms. The molecule has 1 aromatic rings. The van der Waals surface area contributed by atoms with Gasteiger partial charge in [0.25, 0.3) is 0 Å². The molecule has 2 rings (SSSR count). The summed E-state index contributed by atoms with van der Waals surface area (Å²) in [5, 5.41) is 0.111. The van der Waals surface area contributed by atoms with Crippen molar-refractivity contribution in [3.63, 3.8) is 0 Å². The van der Waals surface area contributed by atoms with Gasteiger partial charge in [0.05, 0.1) is 11.6 Å². The van der Waals surface area contributed by atoms with Crippen LogP contribution >= 0.6 is 11.8 Å². The lowest BCUT2D eigenvalue weighted by molar-refractivity contribution is -0.140. The number of nitrogens with two attached hydrogens (primary N) is 1. The van der Waals surface area contributed by atoms with E-state index in [0.717, 1.165) is 37.1 Å². The van der Waals surface area contributed by atoms with Gasteiger partial charge in [0.2, 0.25) is 0 Å². The van der Waals surface area contributed by atoms with E-state index >= 15 is 0 Å². The summed E-state index contributed by atoms with van der Waals surface area (Å²) in [6.45, 7) is 0. The number of hydrazine groups is 1. The largest absolute Gasteiger partial charge is 0.419 e. The van der Waals surface area contributed by atoms with Crippen molar-refractivity contribution in [3.8, 4) is 0 Å². The first-order valence-corrected chi connectivity index (χ1v) is 7.42. The fraction of sp³-hybridized carbons (Fsp3) is 0.538. The SMILES string of the molecule is NNC(c1ccc(F)c(C(F)(F)F)c1)C1CCCCS1. The number of thioether (sulfide) groups is 1. The molecule has 1 aliphatic heterocycles. The summed E-state index contributed by atoms with van der Waals surface area (Å²) < 4.78 is 51.5. The molecule has 2 unspecified atom stereocenters. The van der Waals surface area contributed by atoms with Crippen molar-refractivity contribution in [1.82, 2.24) is 5.43 Å². The molecule has 0 spiro atoms. The molecule has 2 nitrogen and oxygen atoms in total. The molecule has 0 aromatic heterocycles. The first-order chi connectivity index (χ1) is 9.43. The molecule has 2 atom stereocenters. The predicted molar refractivity (Wildman–Crippen MR) is 71.6 cm³/mol. The van der Waals surface area contributed by atoms with Crippen molar-refractivity contribution in [1.29, 1.82) is 0 Å². The van der Waals surface area contributed by atoms with Gasteiger partial charge in [-0.05, 0) is 36.3 Å². The summed E-state index contributed by atoms with van der Waals surface area (Å²) in [5.74, 6) is 5.21. The molecule has 0 radical (unpaired) electrons. The van der Waals surface area contributed by atoms with Crippen LogP contribution in [0.3, 0.4) is 0 Å². The smallest absolute Gasteiger partial charge is 0.271 e. The highest BCUT2D eigenvalue weighted by Gasteiger charge is 2.35. The normalized spacial score (nSPS) is 21.8. The Labute approximate surface area is 119 Å². The number of rotatable bonds is 3. The highest BCUT2D eigenvalue weighted by molar-refractivity contribution is 8.00. The molecule has 1 aromatic carbocycles. The Hall–Kier alpha value is -0.790. The molecule has 112 valence electrons. The van der Waals surface area contributed by atoms with E-state index in [9.17, 15) is 17.6 Å². The number of hydrogen-bond donors (Lipinski definition) is 2. The van der Waals surface area contributed by atoms with Gasteiger partial charge < -0.3 is 0 Å². The van der Waals surface area contributed by atoms with Gasteiger partial charge in [0.1, 0.15) is 5.82 Å². The number of hydrogen-bond acceptors (Lipinski definition) is 3. The zero-order valence-electron chi connectivity index (χ0n) is 10.7. The van der Waals surface area contributed by atoms with Crippen LogP contribution < -0.4 is 11.3 Å². The average Bonchev–Trinajstić information content (AvgIpc) is 2.41. The van der Waals surface area contributed by atoms with Crippen LogP contribution in [0.15, 0.2) is 18.2 Å². The lowest BCUT2D eigenvalue weighted by atomic mass is 9.98. The summed E-state index contributed by atoms with van der Waals surface area (Å²) in [4.78, 5) is 0. The van der Waals surface area contributed by atoms with E-state index in [-0.39, 0.29) is 5.25 Å². The van der Waals surface area contributed by atoms with Crippen molar-refractivity contribution in [2.24, 2.45) is 5.84 Å². The van der Waals surface area contributed by atoms with Crippen molar-refractivity contribution >= 4 is 11.8 Å². The average molecular weight is 308 g/mol. The van der Waals surface area contributed by atoms with E-state index in [1.807, 2.05) is 0 Å². The Morgan fingerprint density at radius 1 is 1.30 bits per heavy atom. The molecular formula is C13H16F4N2S. The molecule has 1 fully saturated rings. The van der Waals surface area contributed by atoms with Crippen LogP contribution in [0.4, 0.5) is 17.6 Å². The molecule has 7 heteroatoms. The third-order valence-electron chi connectivity index (χ3n) is 3.42. The number of nitrogens with one attached hydrogen (secondary N) is 1. The quantitative estimate of drug-likeness (QED) is 0.509. The lowest BCUT2D eigenvalue weighted by Gasteiger charge is -2.30. The molecule has 0 amide bonds. The molecule has 0 saturated carbocycles. The fourth-order valence-electron chi connectivity index (χ4n) is 2.40. The van der Waals surface area contributed by atoms with E-state index < -0.39 is 23.6 Å². The van der Waals surface area contributed by atoms with E-state index in [4.69, 9.17) is 5.84 Å². The van der Waals surface area contributed by atoms with Crippen molar-refractivity contribution in [3.05, 3.63) is 35.1 Å². The van der Waals surface area contributed by atoms with Crippen LogP contribution in [0.1, 0.15) is 36.4 Å². The Bertz CT molecular complexity index is 458. The van der Waals surface area contributed by atoms with Crippen LogP contribution in [-0.2, 0) is 6.18 Å². The Kier molecular flexibility index (Phi) is 4.93. The second-order valence-electron chi connectivity index (χ2n) is 4.79. The topological polar surface area (TPSA) is 38.0 Å². The zero-order valence-corrected chi connectivity index (χ0v) is 11.5. The minimum Gasteiger partial charge on any atom is -0.271 e. The van der Waals surface area contributed by atoms with Crippen molar-refractivity contribution in [2.45, 2.75) is 36.7 Å². The zero-order chi connectivity index (χ0) is 14.8. The Morgan fingerprint density at radius 2 is 2.05 bits per heavy atom. The second kappa shape index (κ2) is 6.32. The maximum atomic E-state index is 13.3. The summed E-state index contributed by atoms with van der Waals surface area (Å²) in [6, 6.07) is 2.68. The van der Waals surface area contributed by atoms with Crippen molar-refractivity contribution in [2.75, 3.05) is 5.75 Å². The monoisotopic (exact) mass is 308 g/mol. The van der Waals surface area contributed by atoms with Gasteiger partial charge in [-0.3, -0.25) is 11.3 Å². The maximum absolute atomic E-state index is 13.3. The number of benzene rings is 1. The van der Waals surface area contributed by atoms with E-state index in [1.54, 1.807) is 11.8 Å². The van der Waals surface area contributed by atoms with Crippen LogP contribution in [0, 0.1) is 5.82 Å². The molecule has 1 heterocycles. The molecule has 0 bridgehead atoms. The summed E-state index contributed by atoms with van der Waals surface area (Å²) in [6.07, 6.45) is -1.67. The third kappa shape index (κ3) is 3.45. The first-order valence-electron chi connectivity index (χ1n) is 6.38. The van der Waals surface area contributed by atoms with Crippen molar-refractivity contribution < 1.29 is 17.6 Å². The van der Waals surface area contributed by atoms with Crippen LogP contribution in [0.5, 0.6) is 0 Å². The second-order valence-corrected chi connectivity index (χ2v) is 6.13. The molecular weight excluding hydrogens is 292 g/mol. The van der Waals surface area contributed by atoms with Gasteiger partial charge in [0.15, 0.2) is 0 Å². The summed E-state index contributed by atoms with van der Waals surface area (Å²) in [7, 11) is 0. The highest BCUT2D eigenvalue weighted by atomic mass is 32.2. The minimum absolute atomic E-state index is 0.111. The lowest BCUT2D eigenvalue weighted by Crippen LogP contribution is -2.36. The van der Waals surface area contributed by atoms with Gasteiger partial charge in [-0.1, -0.05) is 12.5 Å². The predicted octanol–water partition coefficient (Wildman–Crippen LogP) is 3.63. The van der Waals surface area contributed by atoms with Crippen LogP contribution in [0.2, 0.25) is 0 Å². The highest BCUT2D eigenvalue weighted by Crippen LogP contribution is 2.37. The van der Waals surface area contributed by atoms with Gasteiger partial charge >= 0.3 is 6.18 Å². The molecule has 3 N–H and O–H groups in total. The van der Waals surface area contributed by atoms with E-state index in [1.165, 1.54) is 6.07 Å².